The maximum absolute atomic E-state index is 10.6. The van der Waals surface area contributed by atoms with E-state index in [1.54, 1.807) is 0 Å². The van der Waals surface area contributed by atoms with Crippen molar-refractivity contribution in [3.8, 4) is 0 Å². The van der Waals surface area contributed by atoms with Crippen molar-refractivity contribution in [3.63, 3.8) is 0 Å². The minimum absolute atomic E-state index is 0.164. The van der Waals surface area contributed by atoms with Gasteiger partial charge in [-0.25, -0.2) is 0 Å². The normalized spacial score (nSPS) is 19.4. The Bertz CT molecular complexity index is 469. The van der Waals surface area contributed by atoms with Crippen LogP contribution in [0.1, 0.15) is 70.7 Å². The van der Waals surface area contributed by atoms with Gasteiger partial charge in [0.25, 0.3) is 0 Å². The summed E-state index contributed by atoms with van der Waals surface area (Å²) in [4.78, 5) is 6.48. The molecule has 0 aliphatic heterocycles. The Morgan fingerprint density at radius 3 is 2.61 bits per heavy atom. The number of ether oxygens (including phenoxy) is 1. The lowest BCUT2D eigenvalue weighted by molar-refractivity contribution is -0.0238. The second-order valence-electron chi connectivity index (χ2n) is 7.37. The van der Waals surface area contributed by atoms with E-state index in [0.29, 0.717) is 37.3 Å². The third-order valence-corrected chi connectivity index (χ3v) is 4.28. The van der Waals surface area contributed by atoms with Crippen molar-refractivity contribution in [2.45, 2.75) is 71.1 Å². The molecule has 0 radical (unpaired) electrons. The predicted molar refractivity (Wildman–Crippen MR) is 87.9 cm³/mol. The highest BCUT2D eigenvalue weighted by molar-refractivity contribution is 4.91. The second-order valence-corrected chi connectivity index (χ2v) is 7.37. The number of aliphatic hydroxyl groups is 1. The van der Waals surface area contributed by atoms with Gasteiger partial charge in [0.1, 0.15) is 6.10 Å². The van der Waals surface area contributed by atoms with Crippen LogP contribution >= 0.6 is 0 Å². The third-order valence-electron chi connectivity index (χ3n) is 4.28. The number of hydrogen-bond donors (Lipinski definition) is 1. The van der Waals surface area contributed by atoms with Gasteiger partial charge in [0.05, 0.1) is 12.1 Å². The van der Waals surface area contributed by atoms with Gasteiger partial charge < -0.3 is 14.4 Å². The van der Waals surface area contributed by atoms with Crippen LogP contribution in [0.2, 0.25) is 0 Å². The predicted octanol–water partition coefficient (Wildman–Crippen LogP) is 2.93. The van der Waals surface area contributed by atoms with Crippen molar-refractivity contribution in [1.82, 2.24) is 15.0 Å². The first kappa shape index (κ1) is 18.4. The minimum atomic E-state index is -0.566. The molecule has 1 saturated carbocycles. The highest BCUT2D eigenvalue weighted by Gasteiger charge is 2.30. The summed E-state index contributed by atoms with van der Waals surface area (Å²) >= 11 is 0. The van der Waals surface area contributed by atoms with Crippen molar-refractivity contribution >= 4 is 0 Å². The van der Waals surface area contributed by atoms with Crippen LogP contribution in [-0.4, -0.2) is 45.9 Å². The molecule has 0 bridgehead atoms. The summed E-state index contributed by atoms with van der Waals surface area (Å²) in [6.07, 6.45) is 5.05. The van der Waals surface area contributed by atoms with Gasteiger partial charge >= 0.3 is 0 Å². The van der Waals surface area contributed by atoms with Crippen LogP contribution in [0.25, 0.3) is 0 Å². The van der Waals surface area contributed by atoms with Crippen LogP contribution in [-0.2, 0) is 11.3 Å². The Morgan fingerprint density at radius 2 is 1.96 bits per heavy atom. The van der Waals surface area contributed by atoms with E-state index >= 15 is 0 Å². The summed E-state index contributed by atoms with van der Waals surface area (Å²) in [5.74, 6) is 1.64. The van der Waals surface area contributed by atoms with E-state index in [0.717, 1.165) is 25.7 Å². The monoisotopic (exact) mass is 325 g/mol. The molecule has 1 aliphatic carbocycles. The average molecular weight is 325 g/mol. The van der Waals surface area contributed by atoms with E-state index in [-0.39, 0.29) is 6.10 Å². The fourth-order valence-electron chi connectivity index (χ4n) is 3.07. The van der Waals surface area contributed by atoms with Gasteiger partial charge in [-0.2, -0.15) is 4.98 Å². The molecular weight excluding hydrogens is 294 g/mol. The van der Waals surface area contributed by atoms with E-state index in [9.17, 15) is 5.11 Å². The van der Waals surface area contributed by atoms with Gasteiger partial charge in [0.2, 0.25) is 5.89 Å². The highest BCUT2D eigenvalue weighted by atomic mass is 16.5. The van der Waals surface area contributed by atoms with Gasteiger partial charge in [-0.3, -0.25) is 4.90 Å². The summed E-state index contributed by atoms with van der Waals surface area (Å²) in [7, 11) is 1.98. The quantitative estimate of drug-likeness (QED) is 0.792. The number of nitrogens with zero attached hydrogens (tertiary/aromatic N) is 3. The maximum atomic E-state index is 10.6. The van der Waals surface area contributed by atoms with Crippen molar-refractivity contribution in [1.29, 1.82) is 0 Å². The maximum Gasteiger partial charge on any atom is 0.240 e. The lowest BCUT2D eigenvalue weighted by Gasteiger charge is -2.35. The van der Waals surface area contributed by atoms with Gasteiger partial charge in [-0.1, -0.05) is 38.3 Å². The fourth-order valence-corrected chi connectivity index (χ4v) is 3.07. The van der Waals surface area contributed by atoms with Crippen LogP contribution in [0.4, 0.5) is 0 Å². The van der Waals surface area contributed by atoms with Crippen LogP contribution in [0.3, 0.4) is 0 Å². The molecule has 0 saturated heterocycles. The zero-order valence-corrected chi connectivity index (χ0v) is 14.9. The van der Waals surface area contributed by atoms with Crippen LogP contribution in [0.15, 0.2) is 4.52 Å². The van der Waals surface area contributed by atoms with Crippen LogP contribution < -0.4 is 0 Å². The molecule has 1 fully saturated rings. The fraction of sp³-hybridized carbons (Fsp3) is 0.882. The van der Waals surface area contributed by atoms with Crippen LogP contribution in [0, 0.1) is 5.92 Å². The van der Waals surface area contributed by atoms with Crippen molar-refractivity contribution in [2.75, 3.05) is 20.2 Å². The van der Waals surface area contributed by atoms with E-state index in [4.69, 9.17) is 9.26 Å². The molecular formula is C17H31N3O3. The highest BCUT2D eigenvalue weighted by Crippen LogP contribution is 2.28. The van der Waals surface area contributed by atoms with Crippen LogP contribution in [0.5, 0.6) is 0 Å². The summed E-state index contributed by atoms with van der Waals surface area (Å²) in [5, 5.41) is 14.6. The first-order chi connectivity index (χ1) is 10.9. The zero-order chi connectivity index (χ0) is 16.9. The lowest BCUT2D eigenvalue weighted by atomic mass is 9.84. The molecule has 1 aromatic heterocycles. The summed E-state index contributed by atoms with van der Waals surface area (Å²) in [6.45, 7) is 8.03. The minimum Gasteiger partial charge on any atom is -0.389 e. The Hall–Kier alpha value is -0.980. The molecule has 1 aromatic rings. The van der Waals surface area contributed by atoms with E-state index in [2.05, 4.69) is 28.9 Å². The van der Waals surface area contributed by atoms with Crippen molar-refractivity contribution in [2.24, 2.45) is 5.92 Å². The Labute approximate surface area is 139 Å². The van der Waals surface area contributed by atoms with Gasteiger partial charge in [-0.05, 0) is 32.7 Å². The average Bonchev–Trinajstić information content (AvgIpc) is 2.93. The Balaban J connectivity index is 1.83. The number of hydrogen-bond acceptors (Lipinski definition) is 6. The molecule has 2 rings (SSSR count). The van der Waals surface area contributed by atoms with Gasteiger partial charge in [-0.15, -0.1) is 0 Å². The SMILES string of the molecule is CC(C)COC(C)c1noc(CN(C)CC2(O)CCCCC2)n1. The number of aromatic nitrogens is 2. The molecule has 1 heterocycles. The first-order valence-corrected chi connectivity index (χ1v) is 8.73. The molecule has 0 spiro atoms. The molecule has 1 N–H and O–H groups in total. The van der Waals surface area contributed by atoms with Crippen molar-refractivity contribution in [3.05, 3.63) is 11.7 Å². The molecule has 6 heteroatoms. The molecule has 1 aliphatic rings. The van der Waals surface area contributed by atoms with E-state index in [1.165, 1.54) is 6.42 Å². The zero-order valence-electron chi connectivity index (χ0n) is 14.9. The second kappa shape index (κ2) is 8.22. The Morgan fingerprint density at radius 1 is 1.26 bits per heavy atom. The van der Waals surface area contributed by atoms with E-state index < -0.39 is 5.60 Å². The Kier molecular flexibility index (Phi) is 6.56. The molecule has 23 heavy (non-hydrogen) atoms. The standard InChI is InChI=1S/C17H31N3O3/c1-13(2)11-22-14(3)16-18-15(23-19-16)10-20(4)12-17(21)8-6-5-7-9-17/h13-14,21H,5-12H2,1-4H3. The molecule has 1 unspecified atom stereocenters. The van der Waals surface area contributed by atoms with Crippen molar-refractivity contribution < 1.29 is 14.4 Å². The first-order valence-electron chi connectivity index (χ1n) is 8.73. The summed E-state index contributed by atoms with van der Waals surface area (Å²) in [5.41, 5.74) is -0.566. The molecule has 1 atom stereocenters. The summed E-state index contributed by atoms with van der Waals surface area (Å²) < 4.78 is 11.0. The lowest BCUT2D eigenvalue weighted by Crippen LogP contribution is -2.42. The number of rotatable bonds is 8. The molecule has 0 amide bonds. The largest absolute Gasteiger partial charge is 0.389 e. The van der Waals surface area contributed by atoms with E-state index in [1.807, 2.05) is 14.0 Å². The molecule has 6 nitrogen and oxygen atoms in total. The van der Waals surface area contributed by atoms with Gasteiger partial charge in [0, 0.05) is 13.2 Å². The van der Waals surface area contributed by atoms with Gasteiger partial charge in [0.15, 0.2) is 5.82 Å². The topological polar surface area (TPSA) is 71.6 Å². The molecule has 0 aromatic carbocycles. The summed E-state index contributed by atoms with van der Waals surface area (Å²) in [6, 6.07) is 0. The smallest absolute Gasteiger partial charge is 0.240 e. The number of likely N-dealkylation sites (N-methyl/N-ethyl adjacent to an activating group) is 1. The third kappa shape index (κ3) is 5.86. The molecule has 132 valence electrons.